The minimum atomic E-state index is 0.167. The third-order valence-electron chi connectivity index (χ3n) is 5.30. The van der Waals surface area contributed by atoms with E-state index in [-0.39, 0.29) is 5.91 Å². The first-order valence-corrected chi connectivity index (χ1v) is 8.69. The third-order valence-corrected chi connectivity index (χ3v) is 5.30. The van der Waals surface area contributed by atoms with Crippen molar-refractivity contribution in [3.63, 3.8) is 0 Å². The van der Waals surface area contributed by atoms with E-state index >= 15 is 0 Å². The second-order valence-electron chi connectivity index (χ2n) is 6.66. The number of nitrogens with zero attached hydrogens (tertiary/aromatic N) is 3. The Kier molecular flexibility index (Phi) is 3.68. The average Bonchev–Trinajstić information content (AvgIpc) is 3.30. The predicted molar refractivity (Wildman–Crippen MR) is 89.6 cm³/mol. The summed E-state index contributed by atoms with van der Waals surface area (Å²) in [7, 11) is 0. The van der Waals surface area contributed by atoms with Crippen LogP contribution in [-0.2, 0) is 19.4 Å². The molecule has 1 atom stereocenters. The van der Waals surface area contributed by atoms with Crippen molar-refractivity contribution in [2.75, 3.05) is 13.1 Å². The van der Waals surface area contributed by atoms with Crippen LogP contribution in [-0.4, -0.2) is 33.7 Å². The van der Waals surface area contributed by atoms with Crippen LogP contribution in [0.15, 0.2) is 30.5 Å². The van der Waals surface area contributed by atoms with E-state index in [1.165, 1.54) is 11.1 Å². The highest BCUT2D eigenvalue weighted by molar-refractivity contribution is 5.95. The van der Waals surface area contributed by atoms with Crippen LogP contribution in [0.25, 0.3) is 0 Å². The number of carbonyl (C=O) groups is 1. The van der Waals surface area contributed by atoms with E-state index in [1.807, 2.05) is 9.58 Å². The van der Waals surface area contributed by atoms with E-state index < -0.39 is 0 Å². The molecule has 3 heterocycles. The summed E-state index contributed by atoms with van der Waals surface area (Å²) in [5.41, 5.74) is 4.68. The minimum Gasteiger partial charge on any atom is -0.338 e. The Morgan fingerprint density at radius 3 is 2.87 bits per heavy atom. The van der Waals surface area contributed by atoms with E-state index in [0.717, 1.165) is 56.6 Å². The molecule has 0 spiro atoms. The van der Waals surface area contributed by atoms with Gasteiger partial charge in [-0.25, -0.2) is 0 Å². The second-order valence-corrected chi connectivity index (χ2v) is 6.66. The van der Waals surface area contributed by atoms with Crippen LogP contribution in [0.4, 0.5) is 0 Å². The van der Waals surface area contributed by atoms with Crippen LogP contribution in [0.2, 0.25) is 0 Å². The van der Waals surface area contributed by atoms with Crippen LogP contribution >= 0.6 is 0 Å². The van der Waals surface area contributed by atoms with Gasteiger partial charge in [-0.15, -0.1) is 0 Å². The quantitative estimate of drug-likeness (QED) is 0.874. The molecule has 4 rings (SSSR count). The van der Waals surface area contributed by atoms with Gasteiger partial charge in [0.15, 0.2) is 0 Å². The number of fused-ring (bicyclic) bond motifs is 1. The highest BCUT2D eigenvalue weighted by Gasteiger charge is 2.31. The molecule has 1 amide bonds. The first-order valence-electron chi connectivity index (χ1n) is 8.69. The summed E-state index contributed by atoms with van der Waals surface area (Å²) >= 11 is 0. The minimum absolute atomic E-state index is 0.167. The molecule has 0 bridgehead atoms. The molecule has 0 aliphatic carbocycles. The van der Waals surface area contributed by atoms with Crippen LogP contribution in [0.5, 0.6) is 0 Å². The number of hydrogen-bond acceptors (Lipinski definition) is 2. The van der Waals surface area contributed by atoms with Crippen molar-refractivity contribution < 1.29 is 4.79 Å². The molecule has 2 aliphatic heterocycles. The van der Waals surface area contributed by atoms with Gasteiger partial charge in [0.2, 0.25) is 0 Å². The number of aryl methyl sites for hydroxylation is 2. The smallest absolute Gasteiger partial charge is 0.257 e. The molecule has 1 aromatic carbocycles. The zero-order chi connectivity index (χ0) is 15.8. The van der Waals surface area contributed by atoms with Crippen LogP contribution in [0.3, 0.4) is 0 Å². The molecule has 0 saturated carbocycles. The van der Waals surface area contributed by atoms with Crippen molar-refractivity contribution >= 4 is 5.91 Å². The molecule has 23 heavy (non-hydrogen) atoms. The lowest BCUT2D eigenvalue weighted by molar-refractivity contribution is 0.0790. The summed E-state index contributed by atoms with van der Waals surface area (Å²) in [6.45, 7) is 4.81. The van der Waals surface area contributed by atoms with E-state index in [1.54, 1.807) is 6.20 Å². The topological polar surface area (TPSA) is 38.1 Å². The lowest BCUT2D eigenvalue weighted by atomic mass is 9.97. The van der Waals surface area contributed by atoms with Crippen molar-refractivity contribution in [2.24, 2.45) is 0 Å². The molecular formula is C19H23N3O. The maximum absolute atomic E-state index is 12.8. The Hall–Kier alpha value is -2.10. The Morgan fingerprint density at radius 1 is 1.26 bits per heavy atom. The molecule has 2 aromatic rings. The van der Waals surface area contributed by atoms with E-state index in [4.69, 9.17) is 0 Å². The molecule has 4 nitrogen and oxygen atoms in total. The van der Waals surface area contributed by atoms with E-state index in [2.05, 4.69) is 36.3 Å². The summed E-state index contributed by atoms with van der Waals surface area (Å²) in [5, 5.41) is 4.35. The molecule has 4 heteroatoms. The normalized spacial score (nSPS) is 20.0. The third kappa shape index (κ3) is 2.56. The van der Waals surface area contributed by atoms with E-state index in [0.29, 0.717) is 5.92 Å². The highest BCUT2D eigenvalue weighted by Crippen LogP contribution is 2.29. The molecule has 0 N–H and O–H groups in total. The summed E-state index contributed by atoms with van der Waals surface area (Å²) in [4.78, 5) is 14.8. The first kappa shape index (κ1) is 14.5. The van der Waals surface area contributed by atoms with Crippen molar-refractivity contribution in [1.82, 2.24) is 14.7 Å². The lowest BCUT2D eigenvalue weighted by Crippen LogP contribution is -2.29. The molecule has 1 saturated heterocycles. The SMILES string of the molecule is CCc1ccc(C2CCN(C(=O)c3cnn4c3CCC4)C2)cc1. The van der Waals surface area contributed by atoms with Gasteiger partial charge in [-0.3, -0.25) is 9.48 Å². The molecule has 2 aliphatic rings. The van der Waals surface area contributed by atoms with Gasteiger partial charge in [0.1, 0.15) is 0 Å². The number of rotatable bonds is 3. The summed E-state index contributed by atoms with van der Waals surface area (Å²) in [6, 6.07) is 8.89. The fourth-order valence-corrected chi connectivity index (χ4v) is 3.85. The second kappa shape index (κ2) is 5.84. The van der Waals surface area contributed by atoms with Crippen LogP contribution in [0, 0.1) is 0 Å². The standard InChI is InChI=1S/C19H23N3O/c1-2-14-5-7-15(8-6-14)16-9-11-21(13-16)19(23)17-12-20-22-10-3-4-18(17)22/h5-8,12,16H,2-4,9-11,13H2,1H3. The summed E-state index contributed by atoms with van der Waals surface area (Å²) in [5.74, 6) is 0.634. The molecule has 0 radical (unpaired) electrons. The van der Waals surface area contributed by atoms with Gasteiger partial charge in [-0.2, -0.15) is 5.10 Å². The molecule has 120 valence electrons. The number of carbonyl (C=O) groups excluding carboxylic acids is 1. The molecule has 1 fully saturated rings. The van der Waals surface area contributed by atoms with Crippen LogP contribution < -0.4 is 0 Å². The maximum Gasteiger partial charge on any atom is 0.257 e. The van der Waals surface area contributed by atoms with Gasteiger partial charge >= 0.3 is 0 Å². The maximum atomic E-state index is 12.8. The number of aromatic nitrogens is 2. The number of hydrogen-bond donors (Lipinski definition) is 0. The van der Waals surface area contributed by atoms with Gasteiger partial charge in [0.25, 0.3) is 5.91 Å². The van der Waals surface area contributed by atoms with E-state index in [9.17, 15) is 4.79 Å². The van der Waals surface area contributed by atoms with Gasteiger partial charge < -0.3 is 4.90 Å². The Bertz CT molecular complexity index is 717. The number of likely N-dealkylation sites (tertiary alicyclic amines) is 1. The highest BCUT2D eigenvalue weighted by atomic mass is 16.2. The zero-order valence-electron chi connectivity index (χ0n) is 13.7. The molecule has 1 unspecified atom stereocenters. The zero-order valence-corrected chi connectivity index (χ0v) is 13.7. The van der Waals surface area contributed by atoms with Crippen molar-refractivity contribution in [3.05, 3.63) is 52.8 Å². The number of benzene rings is 1. The van der Waals surface area contributed by atoms with Gasteiger partial charge in [0.05, 0.1) is 17.5 Å². The Labute approximate surface area is 137 Å². The van der Waals surface area contributed by atoms with Gasteiger partial charge in [-0.05, 0) is 36.8 Å². The Balaban J connectivity index is 1.48. The summed E-state index contributed by atoms with van der Waals surface area (Å²) < 4.78 is 1.99. The fourth-order valence-electron chi connectivity index (χ4n) is 3.85. The van der Waals surface area contributed by atoms with Gasteiger partial charge in [-0.1, -0.05) is 31.2 Å². The van der Waals surface area contributed by atoms with Crippen molar-refractivity contribution in [1.29, 1.82) is 0 Å². The fraction of sp³-hybridized carbons (Fsp3) is 0.474. The Morgan fingerprint density at radius 2 is 2.09 bits per heavy atom. The lowest BCUT2D eigenvalue weighted by Gasteiger charge is -2.16. The van der Waals surface area contributed by atoms with Crippen LogP contribution in [0.1, 0.15) is 52.9 Å². The first-order chi connectivity index (χ1) is 11.3. The molecular weight excluding hydrogens is 286 g/mol. The van der Waals surface area contributed by atoms with Crippen molar-refractivity contribution in [3.8, 4) is 0 Å². The monoisotopic (exact) mass is 309 g/mol. The van der Waals surface area contributed by atoms with Crippen molar-refractivity contribution in [2.45, 2.75) is 45.1 Å². The molecule has 1 aromatic heterocycles. The predicted octanol–water partition coefficient (Wildman–Crippen LogP) is 3.02. The largest absolute Gasteiger partial charge is 0.338 e. The van der Waals surface area contributed by atoms with Gasteiger partial charge in [0, 0.05) is 25.6 Å². The summed E-state index contributed by atoms with van der Waals surface area (Å²) in [6.07, 6.45) is 5.98. The number of amides is 1. The average molecular weight is 309 g/mol.